The van der Waals surface area contributed by atoms with Gasteiger partial charge in [-0.1, -0.05) is 23.8 Å². The number of thiophene rings is 1. The zero-order valence-corrected chi connectivity index (χ0v) is 14.4. The Hall–Kier alpha value is -2.25. The van der Waals surface area contributed by atoms with Crippen molar-refractivity contribution in [3.05, 3.63) is 62.3 Å². The van der Waals surface area contributed by atoms with Gasteiger partial charge in [-0.05, 0) is 49.1 Å². The number of aryl methyl sites for hydroxylation is 2. The number of H-pyrrole nitrogens is 1. The molecule has 5 nitrogen and oxygen atoms in total. The van der Waals surface area contributed by atoms with Gasteiger partial charge in [0.2, 0.25) is 4.77 Å². The highest BCUT2D eigenvalue weighted by molar-refractivity contribution is 7.71. The molecule has 3 aromatic rings. The molecule has 0 spiro atoms. The molecule has 2 heterocycles. The number of nitrogens with one attached hydrogen (secondary N) is 1. The Bertz CT molecular complexity index is 878. The number of aromatic nitrogens is 3. The lowest BCUT2D eigenvalue weighted by molar-refractivity contribution is 0.288. The molecular formula is C16H16N4OS2. The number of benzene rings is 1. The van der Waals surface area contributed by atoms with Gasteiger partial charge in [-0.2, -0.15) is 14.9 Å². The predicted octanol–water partition coefficient (Wildman–Crippen LogP) is 4.08. The van der Waals surface area contributed by atoms with Crippen molar-refractivity contribution in [2.24, 2.45) is 5.10 Å². The van der Waals surface area contributed by atoms with Gasteiger partial charge in [-0.3, -0.25) is 0 Å². The van der Waals surface area contributed by atoms with Gasteiger partial charge in [0.05, 0.1) is 6.21 Å². The molecule has 0 aliphatic heterocycles. The molecule has 0 fully saturated rings. The number of ether oxygens (including phenoxy) is 1. The molecule has 0 saturated carbocycles. The number of hydrogen-bond acceptors (Lipinski definition) is 5. The summed E-state index contributed by atoms with van der Waals surface area (Å²) >= 11 is 6.83. The van der Waals surface area contributed by atoms with Crippen LogP contribution >= 0.6 is 23.6 Å². The molecule has 0 aliphatic rings. The molecule has 0 amide bonds. The second-order valence-corrected chi connectivity index (χ2v) is 6.44. The number of rotatable bonds is 5. The molecule has 1 N–H and O–H groups in total. The van der Waals surface area contributed by atoms with E-state index >= 15 is 0 Å². The van der Waals surface area contributed by atoms with E-state index < -0.39 is 0 Å². The first-order valence-corrected chi connectivity index (χ1v) is 8.36. The largest absolute Gasteiger partial charge is 0.485 e. The zero-order chi connectivity index (χ0) is 16.2. The van der Waals surface area contributed by atoms with E-state index in [0.29, 0.717) is 17.2 Å². The lowest BCUT2D eigenvalue weighted by Gasteiger charge is -2.09. The molecule has 0 aliphatic carbocycles. The minimum atomic E-state index is 0.290. The van der Waals surface area contributed by atoms with Crippen molar-refractivity contribution in [3.63, 3.8) is 0 Å². The summed E-state index contributed by atoms with van der Waals surface area (Å²) in [7, 11) is 0. The van der Waals surface area contributed by atoms with E-state index in [1.807, 2.05) is 36.6 Å². The summed E-state index contributed by atoms with van der Waals surface area (Å²) in [6.45, 7) is 4.37. The Kier molecular flexibility index (Phi) is 4.68. The maximum atomic E-state index is 5.85. The molecular weight excluding hydrogens is 328 g/mol. The van der Waals surface area contributed by atoms with Crippen LogP contribution in [0, 0.1) is 18.6 Å². The van der Waals surface area contributed by atoms with Crippen LogP contribution in [0.2, 0.25) is 0 Å². The van der Waals surface area contributed by atoms with Gasteiger partial charge in [0.1, 0.15) is 12.4 Å². The van der Waals surface area contributed by atoms with E-state index in [0.717, 1.165) is 16.2 Å². The van der Waals surface area contributed by atoms with Crippen molar-refractivity contribution in [2.45, 2.75) is 20.5 Å². The molecule has 3 rings (SSSR count). The lowest BCUT2D eigenvalue weighted by atomic mass is 10.1. The second-order valence-electron chi connectivity index (χ2n) is 5.07. The molecule has 0 atom stereocenters. The van der Waals surface area contributed by atoms with Gasteiger partial charge in [-0.15, -0.1) is 11.3 Å². The quantitative estimate of drug-likeness (QED) is 0.560. The lowest BCUT2D eigenvalue weighted by Crippen LogP contribution is -2.04. The minimum Gasteiger partial charge on any atom is -0.485 e. The summed E-state index contributed by atoms with van der Waals surface area (Å²) in [4.78, 5) is 1.05. The molecule has 0 radical (unpaired) electrons. The fourth-order valence-electron chi connectivity index (χ4n) is 2.12. The Labute approximate surface area is 143 Å². The zero-order valence-electron chi connectivity index (χ0n) is 12.8. The molecule has 0 saturated heterocycles. The van der Waals surface area contributed by atoms with Gasteiger partial charge < -0.3 is 4.74 Å². The fraction of sp³-hybridized carbons (Fsp3) is 0.188. The monoisotopic (exact) mass is 344 g/mol. The molecule has 118 valence electrons. The van der Waals surface area contributed by atoms with Crippen LogP contribution in [0.4, 0.5) is 0 Å². The molecule has 0 bridgehead atoms. The molecule has 1 aromatic carbocycles. The van der Waals surface area contributed by atoms with Gasteiger partial charge in [0.25, 0.3) is 0 Å². The number of nitrogens with zero attached hydrogens (tertiary/aromatic N) is 3. The van der Waals surface area contributed by atoms with Crippen LogP contribution in [0.1, 0.15) is 21.8 Å². The Morgan fingerprint density at radius 1 is 1.39 bits per heavy atom. The molecule has 23 heavy (non-hydrogen) atoms. The molecule has 7 heteroatoms. The van der Waals surface area contributed by atoms with Crippen LogP contribution in [0.5, 0.6) is 5.75 Å². The highest BCUT2D eigenvalue weighted by Gasteiger charge is 2.07. The maximum Gasteiger partial charge on any atom is 0.216 e. The van der Waals surface area contributed by atoms with Crippen LogP contribution < -0.4 is 4.74 Å². The average molecular weight is 344 g/mol. The maximum absolute atomic E-state index is 5.85. The summed E-state index contributed by atoms with van der Waals surface area (Å²) in [5.74, 6) is 1.46. The third kappa shape index (κ3) is 3.75. The average Bonchev–Trinajstić information content (AvgIpc) is 3.14. The first-order chi connectivity index (χ1) is 11.1. The smallest absolute Gasteiger partial charge is 0.216 e. The highest BCUT2D eigenvalue weighted by Crippen LogP contribution is 2.19. The van der Waals surface area contributed by atoms with Crippen molar-refractivity contribution in [1.29, 1.82) is 0 Å². The summed E-state index contributed by atoms with van der Waals surface area (Å²) in [6, 6.07) is 10.0. The van der Waals surface area contributed by atoms with E-state index in [1.54, 1.807) is 22.2 Å². The van der Waals surface area contributed by atoms with Crippen LogP contribution in [0.3, 0.4) is 0 Å². The van der Waals surface area contributed by atoms with Gasteiger partial charge >= 0.3 is 0 Å². The third-order valence-corrected chi connectivity index (χ3v) is 4.32. The van der Waals surface area contributed by atoms with Crippen molar-refractivity contribution in [1.82, 2.24) is 14.9 Å². The first-order valence-electron chi connectivity index (χ1n) is 7.07. The van der Waals surface area contributed by atoms with Crippen LogP contribution in [-0.2, 0) is 6.61 Å². The van der Waals surface area contributed by atoms with Crippen molar-refractivity contribution >= 4 is 29.8 Å². The molecule has 2 aromatic heterocycles. The molecule has 0 unspecified atom stereocenters. The Morgan fingerprint density at radius 3 is 3.00 bits per heavy atom. The third-order valence-electron chi connectivity index (χ3n) is 3.25. The number of aromatic amines is 1. The normalized spacial score (nSPS) is 11.2. The van der Waals surface area contributed by atoms with E-state index in [-0.39, 0.29) is 0 Å². The SMILES string of the molecule is Cc1ccc(OCc2n[nH]c(=S)n2/N=C\c2cccs2)c(C)c1. The highest BCUT2D eigenvalue weighted by atomic mass is 32.1. The Morgan fingerprint density at radius 2 is 2.26 bits per heavy atom. The van der Waals surface area contributed by atoms with Gasteiger partial charge in [-0.25, -0.2) is 5.10 Å². The van der Waals surface area contributed by atoms with Crippen molar-refractivity contribution in [2.75, 3.05) is 0 Å². The summed E-state index contributed by atoms with van der Waals surface area (Å²) < 4.78 is 7.87. The van der Waals surface area contributed by atoms with E-state index in [4.69, 9.17) is 17.0 Å². The van der Waals surface area contributed by atoms with Gasteiger partial charge in [0.15, 0.2) is 5.82 Å². The fourth-order valence-corrected chi connectivity index (χ4v) is 2.90. The second kappa shape index (κ2) is 6.89. The summed E-state index contributed by atoms with van der Waals surface area (Å²) in [5.41, 5.74) is 2.30. The van der Waals surface area contributed by atoms with Crippen LogP contribution in [0.25, 0.3) is 0 Å². The van der Waals surface area contributed by atoms with Crippen molar-refractivity contribution < 1.29 is 4.74 Å². The van der Waals surface area contributed by atoms with Crippen LogP contribution in [0.15, 0.2) is 40.8 Å². The van der Waals surface area contributed by atoms with Gasteiger partial charge in [0, 0.05) is 4.88 Å². The topological polar surface area (TPSA) is 55.2 Å². The standard InChI is InChI=1S/C16H16N4OS2/c1-11-5-6-14(12(2)8-11)21-10-15-18-19-16(22)20(15)17-9-13-4-3-7-23-13/h3-9H,10H2,1-2H3,(H,19,22)/b17-9-. The number of hydrogen-bond donors (Lipinski definition) is 1. The minimum absolute atomic E-state index is 0.290. The van der Waals surface area contributed by atoms with E-state index in [2.05, 4.69) is 28.3 Å². The van der Waals surface area contributed by atoms with Crippen LogP contribution in [-0.4, -0.2) is 21.1 Å². The van der Waals surface area contributed by atoms with E-state index in [9.17, 15) is 0 Å². The van der Waals surface area contributed by atoms with Crippen molar-refractivity contribution in [3.8, 4) is 5.75 Å². The summed E-state index contributed by atoms with van der Waals surface area (Å²) in [5, 5.41) is 13.3. The summed E-state index contributed by atoms with van der Waals surface area (Å²) in [6.07, 6.45) is 1.76. The first kappa shape index (κ1) is 15.6. The predicted molar refractivity (Wildman–Crippen MR) is 95.0 cm³/mol. The van der Waals surface area contributed by atoms with E-state index in [1.165, 1.54) is 5.56 Å². The Balaban J connectivity index is 1.77.